The molecule has 0 heterocycles. The molecule has 0 aliphatic rings. The summed E-state index contributed by atoms with van der Waals surface area (Å²) in [5.74, 6) is 0.267. The summed E-state index contributed by atoms with van der Waals surface area (Å²) < 4.78 is 66.4. The van der Waals surface area contributed by atoms with Crippen LogP contribution in [0.3, 0.4) is 0 Å². The fourth-order valence-corrected chi connectivity index (χ4v) is 2.94. The Morgan fingerprint density at radius 2 is 1.93 bits per heavy atom. The van der Waals surface area contributed by atoms with Crippen LogP contribution >= 0.6 is 24.0 Å². The second kappa shape index (κ2) is 12.3. The SMILES string of the molecule is CCNC(=NCCOc1ccccc1C(F)(F)F)NC(C)CCS(C)(=O)=O.I. The van der Waals surface area contributed by atoms with Crippen LogP contribution < -0.4 is 15.4 Å². The van der Waals surface area contributed by atoms with Gasteiger partial charge in [-0.3, -0.25) is 0 Å². The Morgan fingerprint density at radius 3 is 2.50 bits per heavy atom. The monoisotopic (exact) mass is 537 g/mol. The summed E-state index contributed by atoms with van der Waals surface area (Å²) >= 11 is 0. The molecule has 28 heavy (non-hydrogen) atoms. The lowest BCUT2D eigenvalue weighted by Crippen LogP contribution is -2.43. The highest BCUT2D eigenvalue weighted by molar-refractivity contribution is 14.0. The largest absolute Gasteiger partial charge is 0.491 e. The van der Waals surface area contributed by atoms with Crippen LogP contribution in [0.4, 0.5) is 13.2 Å². The standard InChI is InChI=1S/C17H26F3N3O3S.HI/c1-4-21-16(23-13(2)9-12-27(3,24)25)22-10-11-26-15-8-6-5-7-14(15)17(18,19)20;/h5-8,13H,4,9-12H2,1-3H3,(H2,21,22,23);1H. The Bertz CT molecular complexity index is 728. The van der Waals surface area contributed by atoms with E-state index in [0.717, 1.165) is 6.07 Å². The number of sulfone groups is 1. The van der Waals surface area contributed by atoms with E-state index in [1.807, 2.05) is 13.8 Å². The molecule has 1 aromatic rings. The molecule has 0 bridgehead atoms. The molecule has 0 saturated carbocycles. The van der Waals surface area contributed by atoms with Gasteiger partial charge in [0.1, 0.15) is 22.2 Å². The van der Waals surface area contributed by atoms with Gasteiger partial charge in [-0.25, -0.2) is 13.4 Å². The van der Waals surface area contributed by atoms with Crippen molar-refractivity contribution in [2.75, 3.05) is 31.7 Å². The summed E-state index contributed by atoms with van der Waals surface area (Å²) in [6, 6.07) is 4.88. The highest BCUT2D eigenvalue weighted by Crippen LogP contribution is 2.35. The first kappa shape index (κ1) is 26.8. The summed E-state index contributed by atoms with van der Waals surface area (Å²) in [6.07, 6.45) is -2.89. The second-order valence-corrected chi connectivity index (χ2v) is 8.33. The van der Waals surface area contributed by atoms with E-state index in [4.69, 9.17) is 4.74 Å². The van der Waals surface area contributed by atoms with E-state index in [0.29, 0.717) is 18.9 Å². The zero-order chi connectivity index (χ0) is 20.5. The minimum absolute atomic E-state index is 0. The molecule has 0 aliphatic carbocycles. The van der Waals surface area contributed by atoms with Crippen LogP contribution in [0.2, 0.25) is 0 Å². The maximum Gasteiger partial charge on any atom is 0.419 e. The minimum atomic E-state index is -4.48. The van der Waals surface area contributed by atoms with Crippen LogP contribution in [0, 0.1) is 0 Å². The summed E-state index contributed by atoms with van der Waals surface area (Å²) in [5, 5.41) is 6.06. The van der Waals surface area contributed by atoms with Crippen molar-refractivity contribution in [2.45, 2.75) is 32.5 Å². The molecule has 0 spiro atoms. The first-order valence-electron chi connectivity index (χ1n) is 8.54. The number of hydrogen-bond donors (Lipinski definition) is 2. The summed E-state index contributed by atoms with van der Waals surface area (Å²) in [6.45, 7) is 4.40. The van der Waals surface area contributed by atoms with Crippen LogP contribution in [-0.2, 0) is 16.0 Å². The van der Waals surface area contributed by atoms with Crippen molar-refractivity contribution in [3.05, 3.63) is 29.8 Å². The topological polar surface area (TPSA) is 79.8 Å². The predicted octanol–water partition coefficient (Wildman–Crippen LogP) is 3.08. The number of guanidine groups is 1. The molecule has 0 aliphatic heterocycles. The zero-order valence-electron chi connectivity index (χ0n) is 16.0. The first-order valence-corrected chi connectivity index (χ1v) is 10.6. The average molecular weight is 537 g/mol. The maximum atomic E-state index is 12.9. The summed E-state index contributed by atoms with van der Waals surface area (Å²) in [5.41, 5.74) is -0.826. The molecule has 0 saturated heterocycles. The number of nitrogens with zero attached hydrogens (tertiary/aromatic N) is 1. The fourth-order valence-electron chi connectivity index (χ4n) is 2.16. The fraction of sp³-hybridized carbons (Fsp3) is 0.588. The number of rotatable bonds is 9. The molecule has 11 heteroatoms. The van der Waals surface area contributed by atoms with Crippen molar-refractivity contribution in [3.63, 3.8) is 0 Å². The third kappa shape index (κ3) is 10.9. The third-order valence-corrected chi connectivity index (χ3v) is 4.44. The molecule has 0 aromatic heterocycles. The summed E-state index contributed by atoms with van der Waals surface area (Å²) in [4.78, 5) is 4.24. The minimum Gasteiger partial charge on any atom is -0.491 e. The molecular weight excluding hydrogens is 510 g/mol. The zero-order valence-corrected chi connectivity index (χ0v) is 19.2. The van der Waals surface area contributed by atoms with E-state index in [2.05, 4.69) is 15.6 Å². The number of alkyl halides is 3. The number of para-hydroxylation sites is 1. The quantitative estimate of drug-likeness (QED) is 0.219. The smallest absolute Gasteiger partial charge is 0.419 e. The first-order chi connectivity index (χ1) is 12.5. The number of ether oxygens (including phenoxy) is 1. The highest BCUT2D eigenvalue weighted by Gasteiger charge is 2.33. The van der Waals surface area contributed by atoms with Crippen molar-refractivity contribution in [3.8, 4) is 5.75 Å². The predicted molar refractivity (Wildman–Crippen MR) is 115 cm³/mol. The molecule has 1 aromatic carbocycles. The van der Waals surface area contributed by atoms with Gasteiger partial charge in [0.2, 0.25) is 0 Å². The number of hydrogen-bond acceptors (Lipinski definition) is 4. The molecule has 0 radical (unpaired) electrons. The van der Waals surface area contributed by atoms with Gasteiger partial charge in [0, 0.05) is 18.8 Å². The molecule has 1 rings (SSSR count). The Kier molecular flexibility index (Phi) is 11.8. The van der Waals surface area contributed by atoms with Gasteiger partial charge < -0.3 is 15.4 Å². The average Bonchev–Trinajstić information content (AvgIpc) is 2.56. The Morgan fingerprint density at radius 1 is 1.29 bits per heavy atom. The third-order valence-electron chi connectivity index (χ3n) is 3.46. The number of halogens is 4. The van der Waals surface area contributed by atoms with Gasteiger partial charge in [-0.2, -0.15) is 13.2 Å². The lowest BCUT2D eigenvalue weighted by molar-refractivity contribution is -0.138. The van der Waals surface area contributed by atoms with Crippen LogP contribution in [-0.4, -0.2) is 52.1 Å². The molecule has 162 valence electrons. The molecular formula is C17H27F3IN3O3S. The van der Waals surface area contributed by atoms with E-state index < -0.39 is 21.6 Å². The van der Waals surface area contributed by atoms with Gasteiger partial charge in [0.15, 0.2) is 5.96 Å². The number of benzene rings is 1. The van der Waals surface area contributed by atoms with Crippen molar-refractivity contribution < 1.29 is 26.3 Å². The van der Waals surface area contributed by atoms with Crippen LogP contribution in [0.15, 0.2) is 29.3 Å². The molecule has 6 nitrogen and oxygen atoms in total. The molecule has 0 amide bonds. The normalized spacial score (nSPS) is 13.4. The number of nitrogens with one attached hydrogen (secondary N) is 2. The van der Waals surface area contributed by atoms with Crippen LogP contribution in [0.5, 0.6) is 5.75 Å². The van der Waals surface area contributed by atoms with E-state index >= 15 is 0 Å². The Hall–Kier alpha value is -1.24. The van der Waals surface area contributed by atoms with Crippen LogP contribution in [0.1, 0.15) is 25.8 Å². The van der Waals surface area contributed by atoms with Gasteiger partial charge in [-0.15, -0.1) is 24.0 Å². The lowest BCUT2D eigenvalue weighted by Gasteiger charge is -2.17. The van der Waals surface area contributed by atoms with Crippen molar-refractivity contribution in [1.29, 1.82) is 0 Å². The number of aliphatic imine (C=N–C) groups is 1. The van der Waals surface area contributed by atoms with Crippen molar-refractivity contribution in [1.82, 2.24) is 10.6 Å². The molecule has 2 N–H and O–H groups in total. The molecule has 1 unspecified atom stereocenters. The Balaban J connectivity index is 0.00000729. The van der Waals surface area contributed by atoms with E-state index in [9.17, 15) is 21.6 Å². The molecule has 1 atom stereocenters. The lowest BCUT2D eigenvalue weighted by atomic mass is 10.2. The highest BCUT2D eigenvalue weighted by atomic mass is 127. The van der Waals surface area contributed by atoms with Gasteiger partial charge in [-0.1, -0.05) is 12.1 Å². The van der Waals surface area contributed by atoms with Crippen molar-refractivity contribution >= 4 is 39.8 Å². The van der Waals surface area contributed by atoms with Gasteiger partial charge in [-0.05, 0) is 32.4 Å². The van der Waals surface area contributed by atoms with Gasteiger partial charge in [0.05, 0.1) is 17.9 Å². The second-order valence-electron chi connectivity index (χ2n) is 6.07. The van der Waals surface area contributed by atoms with E-state index in [1.165, 1.54) is 24.5 Å². The van der Waals surface area contributed by atoms with Crippen LogP contribution in [0.25, 0.3) is 0 Å². The summed E-state index contributed by atoms with van der Waals surface area (Å²) in [7, 11) is -3.05. The van der Waals surface area contributed by atoms with Gasteiger partial charge >= 0.3 is 6.18 Å². The van der Waals surface area contributed by atoms with E-state index in [1.54, 1.807) is 0 Å². The maximum absolute atomic E-state index is 12.9. The van der Waals surface area contributed by atoms with Gasteiger partial charge in [0.25, 0.3) is 0 Å². The Labute approximate surface area is 181 Å². The molecule has 0 fully saturated rings. The van der Waals surface area contributed by atoms with E-state index in [-0.39, 0.29) is 54.7 Å². The van der Waals surface area contributed by atoms with Crippen molar-refractivity contribution in [2.24, 2.45) is 4.99 Å².